The van der Waals surface area contributed by atoms with Crippen LogP contribution < -0.4 is 0 Å². The molecule has 0 amide bonds. The van der Waals surface area contributed by atoms with Crippen molar-refractivity contribution in [3.05, 3.63) is 41.6 Å². The van der Waals surface area contributed by atoms with E-state index >= 15 is 0 Å². The maximum absolute atomic E-state index is 12.8. The molecule has 2 aromatic rings. The zero-order valence-electron chi connectivity index (χ0n) is 17.1. The number of pyridine rings is 1. The molecule has 8 nitrogen and oxygen atoms in total. The number of carbonyl (C=O) groups excluding carboxylic acids is 3. The van der Waals surface area contributed by atoms with Crippen LogP contribution in [0.25, 0.3) is 10.9 Å². The van der Waals surface area contributed by atoms with Gasteiger partial charge in [-0.1, -0.05) is 18.2 Å². The fourth-order valence-corrected chi connectivity index (χ4v) is 4.19. The largest absolute Gasteiger partial charge is 0.465 e. The molecule has 0 unspecified atom stereocenters. The Balaban J connectivity index is 1.61. The number of hydrogen-bond acceptors (Lipinski definition) is 8. The van der Waals surface area contributed by atoms with E-state index in [2.05, 4.69) is 6.07 Å². The quantitative estimate of drug-likeness (QED) is 0.403. The van der Waals surface area contributed by atoms with Gasteiger partial charge < -0.3 is 14.2 Å². The number of ether oxygens (including phenoxy) is 3. The zero-order chi connectivity index (χ0) is 21.3. The normalized spacial score (nSPS) is 20.1. The van der Waals surface area contributed by atoms with Gasteiger partial charge in [0.05, 0.1) is 30.3 Å². The topological polar surface area (TPSA) is 95.0 Å². The average Bonchev–Trinajstić information content (AvgIpc) is 3.27. The highest BCUT2D eigenvalue weighted by molar-refractivity contribution is 6.06. The van der Waals surface area contributed by atoms with Crippen LogP contribution in [0.4, 0.5) is 0 Å². The van der Waals surface area contributed by atoms with Crippen LogP contribution in [-0.4, -0.2) is 54.2 Å². The highest BCUT2D eigenvalue weighted by Crippen LogP contribution is 2.40. The first-order valence-electron chi connectivity index (χ1n) is 10.1. The molecule has 0 spiro atoms. The molecule has 1 atom stereocenters. The van der Waals surface area contributed by atoms with Crippen molar-refractivity contribution in [3.8, 4) is 0 Å². The van der Waals surface area contributed by atoms with Crippen LogP contribution in [0.3, 0.4) is 0 Å². The van der Waals surface area contributed by atoms with Gasteiger partial charge in [0.25, 0.3) is 0 Å². The number of benzene rings is 1. The lowest BCUT2D eigenvalue weighted by atomic mass is 9.77. The molecule has 0 bridgehead atoms. The Kier molecular flexibility index (Phi) is 5.42. The Hall–Kier alpha value is -3.00. The molecule has 4 rings (SSSR count). The van der Waals surface area contributed by atoms with Crippen molar-refractivity contribution in [2.75, 3.05) is 26.4 Å². The van der Waals surface area contributed by atoms with Gasteiger partial charge in [-0.3, -0.25) is 24.3 Å². The van der Waals surface area contributed by atoms with E-state index in [-0.39, 0.29) is 26.4 Å². The van der Waals surface area contributed by atoms with Crippen molar-refractivity contribution in [2.24, 2.45) is 11.3 Å². The Morgan fingerprint density at radius 3 is 2.57 bits per heavy atom. The van der Waals surface area contributed by atoms with Gasteiger partial charge >= 0.3 is 17.9 Å². The minimum atomic E-state index is -1.78. The molecule has 0 aliphatic carbocycles. The monoisotopic (exact) mass is 412 g/mol. The molecule has 158 valence electrons. The van der Waals surface area contributed by atoms with Crippen LogP contribution in [0, 0.1) is 11.3 Å². The molecule has 2 aliphatic rings. The van der Waals surface area contributed by atoms with E-state index in [0.717, 1.165) is 22.2 Å². The standard InChI is InChI=1S/C22H24N2O6/c1-3-28-20(26)22(21(27)29-4-2)13-30-19(25)16(22)11-24-10-15-9-14-7-5-6-8-17(14)23-18(15)12-24/h5-9,16H,3-4,10-13H2,1-2H3/t16-/m0/s1. The average molecular weight is 412 g/mol. The Bertz CT molecular complexity index is 942. The highest BCUT2D eigenvalue weighted by atomic mass is 16.6. The molecule has 0 N–H and O–H groups in total. The first-order valence-corrected chi connectivity index (χ1v) is 10.1. The molecular formula is C22H24N2O6. The van der Waals surface area contributed by atoms with E-state index in [1.165, 1.54) is 0 Å². The second kappa shape index (κ2) is 8.02. The predicted molar refractivity (Wildman–Crippen MR) is 106 cm³/mol. The summed E-state index contributed by atoms with van der Waals surface area (Å²) in [5, 5.41) is 1.05. The van der Waals surface area contributed by atoms with E-state index in [0.29, 0.717) is 13.1 Å². The molecule has 3 heterocycles. The van der Waals surface area contributed by atoms with Crippen LogP contribution in [0.15, 0.2) is 30.3 Å². The van der Waals surface area contributed by atoms with Gasteiger partial charge in [-0.05, 0) is 31.5 Å². The summed E-state index contributed by atoms with van der Waals surface area (Å²) in [6.07, 6.45) is 0. The second-order valence-electron chi connectivity index (χ2n) is 7.53. The number of para-hydroxylation sites is 1. The van der Waals surface area contributed by atoms with Gasteiger partial charge in [-0.15, -0.1) is 0 Å². The summed E-state index contributed by atoms with van der Waals surface area (Å²) in [5.74, 6) is -3.15. The van der Waals surface area contributed by atoms with Crippen molar-refractivity contribution in [2.45, 2.75) is 26.9 Å². The number of nitrogens with zero attached hydrogens (tertiary/aromatic N) is 2. The highest BCUT2D eigenvalue weighted by Gasteiger charge is 2.63. The number of esters is 3. The van der Waals surface area contributed by atoms with Crippen LogP contribution in [-0.2, 0) is 41.7 Å². The second-order valence-corrected chi connectivity index (χ2v) is 7.53. The number of carbonyl (C=O) groups is 3. The van der Waals surface area contributed by atoms with E-state index in [1.807, 2.05) is 29.2 Å². The van der Waals surface area contributed by atoms with Gasteiger partial charge in [-0.25, -0.2) is 0 Å². The minimum absolute atomic E-state index is 0.0898. The van der Waals surface area contributed by atoms with Crippen molar-refractivity contribution in [1.82, 2.24) is 9.88 Å². The van der Waals surface area contributed by atoms with Crippen molar-refractivity contribution in [3.63, 3.8) is 0 Å². The van der Waals surface area contributed by atoms with E-state index < -0.39 is 29.2 Å². The van der Waals surface area contributed by atoms with Crippen LogP contribution in [0.1, 0.15) is 25.1 Å². The summed E-state index contributed by atoms with van der Waals surface area (Å²) >= 11 is 0. The predicted octanol–water partition coefficient (Wildman–Crippen LogP) is 1.84. The maximum Gasteiger partial charge on any atom is 0.328 e. The van der Waals surface area contributed by atoms with Crippen molar-refractivity contribution >= 4 is 28.8 Å². The number of rotatable bonds is 6. The Labute approximate surface area is 174 Å². The smallest absolute Gasteiger partial charge is 0.328 e. The molecule has 1 aromatic carbocycles. The number of fused-ring (bicyclic) bond motifs is 2. The van der Waals surface area contributed by atoms with E-state index in [9.17, 15) is 14.4 Å². The lowest BCUT2D eigenvalue weighted by Gasteiger charge is -2.29. The lowest BCUT2D eigenvalue weighted by Crippen LogP contribution is -2.51. The summed E-state index contributed by atoms with van der Waals surface area (Å²) < 4.78 is 15.5. The molecule has 1 saturated heterocycles. The summed E-state index contributed by atoms with van der Waals surface area (Å²) in [7, 11) is 0. The molecule has 0 radical (unpaired) electrons. The van der Waals surface area contributed by atoms with Gasteiger partial charge in [-0.2, -0.15) is 0 Å². The number of aromatic nitrogens is 1. The van der Waals surface area contributed by atoms with E-state index in [4.69, 9.17) is 19.2 Å². The third kappa shape index (κ3) is 3.31. The molecule has 1 fully saturated rings. The number of cyclic esters (lactones) is 1. The summed E-state index contributed by atoms with van der Waals surface area (Å²) in [5.41, 5.74) is 1.12. The summed E-state index contributed by atoms with van der Waals surface area (Å²) in [4.78, 5) is 44.9. The SMILES string of the molecule is CCOC(=O)C1(C(=O)OCC)COC(=O)[C@@H]1CN1Cc2cc3ccccc3nc2C1. The molecule has 0 saturated carbocycles. The molecule has 2 aliphatic heterocycles. The van der Waals surface area contributed by atoms with E-state index in [1.54, 1.807) is 13.8 Å². The fourth-order valence-electron chi connectivity index (χ4n) is 4.19. The maximum atomic E-state index is 12.8. The Morgan fingerprint density at radius 2 is 1.87 bits per heavy atom. The molecule has 1 aromatic heterocycles. The third-order valence-electron chi connectivity index (χ3n) is 5.70. The van der Waals surface area contributed by atoms with Crippen molar-refractivity contribution < 1.29 is 28.6 Å². The van der Waals surface area contributed by atoms with Crippen LogP contribution in [0.2, 0.25) is 0 Å². The Morgan fingerprint density at radius 1 is 1.17 bits per heavy atom. The first kappa shape index (κ1) is 20.3. The summed E-state index contributed by atoms with van der Waals surface area (Å²) in [6.45, 7) is 4.37. The molecule has 30 heavy (non-hydrogen) atoms. The van der Waals surface area contributed by atoms with Crippen LogP contribution in [0.5, 0.6) is 0 Å². The number of hydrogen-bond donors (Lipinski definition) is 0. The van der Waals surface area contributed by atoms with Crippen LogP contribution >= 0.6 is 0 Å². The van der Waals surface area contributed by atoms with Gasteiger partial charge in [0.2, 0.25) is 5.41 Å². The van der Waals surface area contributed by atoms with Gasteiger partial charge in [0.1, 0.15) is 6.61 Å². The third-order valence-corrected chi connectivity index (χ3v) is 5.70. The zero-order valence-corrected chi connectivity index (χ0v) is 17.1. The van der Waals surface area contributed by atoms with Crippen molar-refractivity contribution in [1.29, 1.82) is 0 Å². The van der Waals surface area contributed by atoms with Gasteiger partial charge in [0.15, 0.2) is 0 Å². The minimum Gasteiger partial charge on any atom is -0.465 e. The summed E-state index contributed by atoms with van der Waals surface area (Å²) in [6, 6.07) is 9.96. The first-order chi connectivity index (χ1) is 14.5. The molecular weight excluding hydrogens is 388 g/mol. The fraction of sp³-hybridized carbons (Fsp3) is 0.455. The molecule has 8 heteroatoms. The lowest BCUT2D eigenvalue weighted by molar-refractivity contribution is -0.175. The van der Waals surface area contributed by atoms with Gasteiger partial charge in [0, 0.05) is 25.0 Å².